The Morgan fingerprint density at radius 2 is 1.03 bits per heavy atom. The third kappa shape index (κ3) is 5.65. The molecule has 0 saturated carbocycles. The highest BCUT2D eigenvalue weighted by Crippen LogP contribution is 2.24. The number of benzene rings is 2. The van der Waals surface area contributed by atoms with Gasteiger partial charge in [0.15, 0.2) is 0 Å². The van der Waals surface area contributed by atoms with Crippen LogP contribution in [-0.2, 0) is 4.74 Å². The number of hydrogen-bond acceptors (Lipinski definition) is 5. The summed E-state index contributed by atoms with van der Waals surface area (Å²) in [4.78, 5) is 21.2. The summed E-state index contributed by atoms with van der Waals surface area (Å²) in [7, 11) is 0. The Labute approximate surface area is 169 Å². The molecule has 2 rings (SSSR count). The second kappa shape index (κ2) is 9.50. The van der Waals surface area contributed by atoms with E-state index in [4.69, 9.17) is 4.74 Å². The molecular formula is C22H20N2O5. The first-order valence-corrected chi connectivity index (χ1v) is 8.77. The van der Waals surface area contributed by atoms with E-state index in [-0.39, 0.29) is 24.6 Å². The van der Waals surface area contributed by atoms with Crippen molar-refractivity contribution in [3.63, 3.8) is 0 Å². The number of rotatable bonds is 4. The molecule has 0 fully saturated rings. The van der Waals surface area contributed by atoms with Gasteiger partial charge in [-0.15, -0.1) is 0 Å². The summed E-state index contributed by atoms with van der Waals surface area (Å²) < 4.78 is 5.36. The van der Waals surface area contributed by atoms with Crippen LogP contribution in [0.5, 0.6) is 0 Å². The van der Waals surface area contributed by atoms with E-state index in [9.17, 15) is 20.2 Å². The van der Waals surface area contributed by atoms with Crippen LogP contribution >= 0.6 is 0 Å². The molecule has 0 unspecified atom stereocenters. The Balaban J connectivity index is 1.94. The second-order valence-electron chi connectivity index (χ2n) is 6.53. The predicted octanol–water partition coefficient (Wildman–Crippen LogP) is 4.16. The number of hydrogen-bond donors (Lipinski definition) is 0. The zero-order valence-electron chi connectivity index (χ0n) is 16.7. The van der Waals surface area contributed by atoms with Crippen molar-refractivity contribution < 1.29 is 14.6 Å². The number of ether oxygens (including phenoxy) is 1. The molecule has 0 saturated heterocycles. The van der Waals surface area contributed by atoms with Crippen molar-refractivity contribution in [2.45, 2.75) is 27.7 Å². The fraction of sp³-hybridized carbons (Fsp3) is 0.273. The normalized spacial score (nSPS) is 9.79. The molecule has 0 amide bonds. The predicted molar refractivity (Wildman–Crippen MR) is 110 cm³/mol. The summed E-state index contributed by atoms with van der Waals surface area (Å²) in [6.07, 6.45) is 0. The molecule has 0 N–H and O–H groups in total. The molecule has 7 heteroatoms. The number of nitro groups is 2. The van der Waals surface area contributed by atoms with Gasteiger partial charge in [0, 0.05) is 33.4 Å². The SMILES string of the molecule is Cc1cc(C#CCOCC#Cc2cc(C)c([N+](=O)[O-])c(C)c2)cc(C)c1[N+](=O)[O-]. The van der Waals surface area contributed by atoms with Crippen molar-refractivity contribution in [2.75, 3.05) is 13.2 Å². The summed E-state index contributed by atoms with van der Waals surface area (Å²) >= 11 is 0. The van der Waals surface area contributed by atoms with Crippen molar-refractivity contribution in [3.05, 3.63) is 77.9 Å². The van der Waals surface area contributed by atoms with E-state index in [1.165, 1.54) is 0 Å². The minimum atomic E-state index is -0.391. The molecule has 0 aliphatic carbocycles. The van der Waals surface area contributed by atoms with Crippen LogP contribution in [0.4, 0.5) is 11.4 Å². The van der Waals surface area contributed by atoms with Gasteiger partial charge in [-0.2, -0.15) is 0 Å². The van der Waals surface area contributed by atoms with E-state index in [1.54, 1.807) is 52.0 Å². The van der Waals surface area contributed by atoms with Gasteiger partial charge in [-0.1, -0.05) is 23.7 Å². The summed E-state index contributed by atoms with van der Waals surface area (Å²) in [5.41, 5.74) is 3.88. The number of nitro benzene ring substituents is 2. The molecule has 0 radical (unpaired) electrons. The summed E-state index contributed by atoms with van der Waals surface area (Å²) in [6, 6.07) is 6.71. The first-order chi connectivity index (χ1) is 13.7. The zero-order chi connectivity index (χ0) is 21.6. The fourth-order valence-corrected chi connectivity index (χ4v) is 3.06. The van der Waals surface area contributed by atoms with Crippen molar-refractivity contribution in [1.29, 1.82) is 0 Å². The summed E-state index contributed by atoms with van der Waals surface area (Å²) in [5, 5.41) is 22.0. The Kier molecular flexibility index (Phi) is 7.08. The van der Waals surface area contributed by atoms with Gasteiger partial charge in [-0.05, 0) is 52.0 Å². The third-order valence-electron chi connectivity index (χ3n) is 4.16. The van der Waals surface area contributed by atoms with Crippen LogP contribution in [0.3, 0.4) is 0 Å². The van der Waals surface area contributed by atoms with Crippen LogP contribution in [0.2, 0.25) is 0 Å². The monoisotopic (exact) mass is 392 g/mol. The first-order valence-electron chi connectivity index (χ1n) is 8.77. The minimum absolute atomic E-state index is 0.110. The fourth-order valence-electron chi connectivity index (χ4n) is 3.06. The van der Waals surface area contributed by atoms with Crippen LogP contribution < -0.4 is 0 Å². The van der Waals surface area contributed by atoms with Crippen molar-refractivity contribution in [2.24, 2.45) is 0 Å². The van der Waals surface area contributed by atoms with Crippen molar-refractivity contribution in [1.82, 2.24) is 0 Å². The standard InChI is InChI=1S/C22H20N2O5/c1-15-11-19(12-16(2)21(15)23(25)26)7-5-9-29-10-6-8-20-13-17(3)22(24(27)28)18(4)14-20/h11-14H,9-10H2,1-4H3. The van der Waals surface area contributed by atoms with Crippen molar-refractivity contribution >= 4 is 11.4 Å². The lowest BCUT2D eigenvalue weighted by Crippen LogP contribution is -1.96. The second-order valence-corrected chi connectivity index (χ2v) is 6.53. The van der Waals surface area contributed by atoms with Gasteiger partial charge in [0.25, 0.3) is 11.4 Å². The summed E-state index contributed by atoms with van der Waals surface area (Å²) in [6.45, 7) is 7.08. The van der Waals surface area contributed by atoms with Gasteiger partial charge >= 0.3 is 0 Å². The lowest BCUT2D eigenvalue weighted by molar-refractivity contribution is -0.386. The maximum Gasteiger partial charge on any atom is 0.275 e. The average Bonchev–Trinajstić information content (AvgIpc) is 2.59. The van der Waals surface area contributed by atoms with Crippen LogP contribution in [0, 0.1) is 71.6 Å². The number of nitrogens with zero attached hydrogens (tertiary/aromatic N) is 2. The smallest absolute Gasteiger partial charge is 0.275 e. The Morgan fingerprint density at radius 3 is 1.31 bits per heavy atom. The highest BCUT2D eigenvalue weighted by Gasteiger charge is 2.15. The maximum atomic E-state index is 11.0. The van der Waals surface area contributed by atoms with Crippen molar-refractivity contribution in [3.8, 4) is 23.7 Å². The van der Waals surface area contributed by atoms with Gasteiger partial charge in [-0.25, -0.2) is 0 Å². The van der Waals surface area contributed by atoms with E-state index in [1.807, 2.05) is 0 Å². The molecular weight excluding hydrogens is 372 g/mol. The average molecular weight is 392 g/mol. The van der Waals surface area contributed by atoms with Gasteiger partial charge < -0.3 is 4.74 Å². The van der Waals surface area contributed by atoms with E-state index < -0.39 is 9.85 Å². The molecule has 0 heterocycles. The van der Waals surface area contributed by atoms with E-state index in [0.717, 1.165) is 0 Å². The van der Waals surface area contributed by atoms with E-state index in [0.29, 0.717) is 33.4 Å². The third-order valence-corrected chi connectivity index (χ3v) is 4.16. The highest BCUT2D eigenvalue weighted by molar-refractivity contribution is 5.53. The minimum Gasteiger partial charge on any atom is -0.356 e. The molecule has 0 spiro atoms. The molecule has 2 aromatic rings. The van der Waals surface area contributed by atoms with Gasteiger partial charge in [-0.3, -0.25) is 20.2 Å². The molecule has 29 heavy (non-hydrogen) atoms. The van der Waals surface area contributed by atoms with Crippen LogP contribution in [-0.4, -0.2) is 23.1 Å². The quantitative estimate of drug-likeness (QED) is 0.337. The van der Waals surface area contributed by atoms with Gasteiger partial charge in [0.05, 0.1) is 9.85 Å². The Bertz CT molecular complexity index is 964. The lowest BCUT2D eigenvalue weighted by atomic mass is 10.0. The molecule has 2 aromatic carbocycles. The molecule has 0 aliphatic rings. The first kappa shape index (κ1) is 21.6. The Hall–Kier alpha value is -3.68. The van der Waals surface area contributed by atoms with Crippen LogP contribution in [0.25, 0.3) is 0 Å². The van der Waals surface area contributed by atoms with E-state index in [2.05, 4.69) is 23.7 Å². The van der Waals surface area contributed by atoms with E-state index >= 15 is 0 Å². The molecule has 148 valence electrons. The summed E-state index contributed by atoms with van der Waals surface area (Å²) in [5.74, 6) is 11.6. The topological polar surface area (TPSA) is 95.5 Å². The molecule has 0 aliphatic heterocycles. The molecule has 0 atom stereocenters. The lowest BCUT2D eigenvalue weighted by Gasteiger charge is -2.02. The van der Waals surface area contributed by atoms with Gasteiger partial charge in [0.2, 0.25) is 0 Å². The number of aryl methyl sites for hydroxylation is 4. The maximum absolute atomic E-state index is 11.0. The molecule has 7 nitrogen and oxygen atoms in total. The Morgan fingerprint density at radius 1 is 0.724 bits per heavy atom. The molecule has 0 bridgehead atoms. The van der Waals surface area contributed by atoms with Crippen LogP contribution in [0.1, 0.15) is 33.4 Å². The van der Waals surface area contributed by atoms with Crippen LogP contribution in [0.15, 0.2) is 24.3 Å². The highest BCUT2D eigenvalue weighted by atomic mass is 16.6. The zero-order valence-corrected chi connectivity index (χ0v) is 16.7. The largest absolute Gasteiger partial charge is 0.356 e. The van der Waals surface area contributed by atoms with Gasteiger partial charge in [0.1, 0.15) is 13.2 Å². The molecule has 0 aromatic heterocycles.